The highest BCUT2D eigenvalue weighted by Crippen LogP contribution is 2.14. The summed E-state index contributed by atoms with van der Waals surface area (Å²) < 4.78 is 5.40. The molecule has 0 aromatic heterocycles. The zero-order valence-electron chi connectivity index (χ0n) is 14.2. The van der Waals surface area contributed by atoms with Crippen LogP contribution in [0.25, 0.3) is 0 Å². The van der Waals surface area contributed by atoms with Gasteiger partial charge in [-0.1, -0.05) is 12.1 Å². The van der Waals surface area contributed by atoms with Crippen LogP contribution < -0.4 is 10.1 Å². The Morgan fingerprint density at radius 1 is 1.04 bits per heavy atom. The number of amides is 2. The lowest BCUT2D eigenvalue weighted by molar-refractivity contribution is 0.101. The number of Topliss-reactive ketones (excluding diaryl/α,β-unsaturated/α-hetero) is 1. The number of hydrogen-bond acceptors (Lipinski definition) is 3. The smallest absolute Gasteiger partial charge is 0.321 e. The van der Waals surface area contributed by atoms with E-state index in [2.05, 4.69) is 5.32 Å². The quantitative estimate of drug-likeness (QED) is 0.818. The fourth-order valence-corrected chi connectivity index (χ4v) is 2.21. The third-order valence-corrected chi connectivity index (χ3v) is 3.54. The molecule has 0 atom stereocenters. The van der Waals surface area contributed by atoms with Crippen molar-refractivity contribution in [2.45, 2.75) is 20.4 Å². The Balaban J connectivity index is 1.92. The van der Waals surface area contributed by atoms with Crippen molar-refractivity contribution >= 4 is 17.5 Å². The van der Waals surface area contributed by atoms with Crippen LogP contribution in [0.2, 0.25) is 0 Å². The number of benzene rings is 2. The summed E-state index contributed by atoms with van der Waals surface area (Å²) in [7, 11) is 1.73. The third-order valence-electron chi connectivity index (χ3n) is 3.54. The van der Waals surface area contributed by atoms with Gasteiger partial charge in [0, 0.05) is 24.8 Å². The first-order chi connectivity index (χ1) is 11.5. The van der Waals surface area contributed by atoms with E-state index in [9.17, 15) is 9.59 Å². The number of carbonyl (C=O) groups excluding carboxylic acids is 2. The molecule has 126 valence electrons. The maximum absolute atomic E-state index is 12.2. The van der Waals surface area contributed by atoms with Crippen molar-refractivity contribution in [3.05, 3.63) is 59.7 Å². The average molecular weight is 326 g/mol. The van der Waals surface area contributed by atoms with E-state index in [0.717, 1.165) is 11.3 Å². The molecular weight excluding hydrogens is 304 g/mol. The summed E-state index contributed by atoms with van der Waals surface area (Å²) in [6, 6.07) is 14.3. The zero-order valence-corrected chi connectivity index (χ0v) is 14.2. The second-order valence-electron chi connectivity index (χ2n) is 5.50. The number of nitrogens with zero attached hydrogens (tertiary/aromatic N) is 1. The molecule has 0 heterocycles. The van der Waals surface area contributed by atoms with E-state index in [4.69, 9.17) is 4.74 Å². The number of hydrogen-bond donors (Lipinski definition) is 1. The molecule has 0 radical (unpaired) electrons. The Morgan fingerprint density at radius 2 is 1.67 bits per heavy atom. The first kappa shape index (κ1) is 17.5. The minimum Gasteiger partial charge on any atom is -0.494 e. The molecule has 2 aromatic rings. The summed E-state index contributed by atoms with van der Waals surface area (Å²) >= 11 is 0. The van der Waals surface area contributed by atoms with E-state index in [1.165, 1.54) is 6.92 Å². The fraction of sp³-hybridized carbons (Fsp3) is 0.263. The SMILES string of the molecule is CCOc1ccc(CN(C)C(=O)Nc2ccc(C(C)=O)cc2)cc1. The van der Waals surface area contributed by atoms with Gasteiger partial charge in [-0.3, -0.25) is 4.79 Å². The van der Waals surface area contributed by atoms with Crippen LogP contribution in [-0.2, 0) is 6.54 Å². The first-order valence-electron chi connectivity index (χ1n) is 7.84. The van der Waals surface area contributed by atoms with Crippen LogP contribution in [0.15, 0.2) is 48.5 Å². The second-order valence-corrected chi connectivity index (χ2v) is 5.50. The number of ether oxygens (including phenoxy) is 1. The summed E-state index contributed by atoms with van der Waals surface area (Å²) in [5.74, 6) is 0.819. The lowest BCUT2D eigenvalue weighted by Crippen LogP contribution is -2.30. The Bertz CT molecular complexity index is 694. The molecule has 0 spiro atoms. The Kier molecular flexibility index (Phi) is 5.95. The molecule has 0 saturated carbocycles. The van der Waals surface area contributed by atoms with Crippen molar-refractivity contribution < 1.29 is 14.3 Å². The molecule has 24 heavy (non-hydrogen) atoms. The van der Waals surface area contributed by atoms with E-state index in [1.54, 1.807) is 36.2 Å². The Labute approximate surface area is 142 Å². The number of anilines is 1. The first-order valence-corrected chi connectivity index (χ1v) is 7.84. The van der Waals surface area contributed by atoms with Crippen molar-refractivity contribution in [3.8, 4) is 5.75 Å². The van der Waals surface area contributed by atoms with Crippen LogP contribution in [0.3, 0.4) is 0 Å². The van der Waals surface area contributed by atoms with Gasteiger partial charge < -0.3 is 15.0 Å². The fourth-order valence-electron chi connectivity index (χ4n) is 2.21. The minimum atomic E-state index is -0.209. The van der Waals surface area contributed by atoms with E-state index < -0.39 is 0 Å². The molecule has 0 aliphatic rings. The van der Waals surface area contributed by atoms with Gasteiger partial charge in [0.25, 0.3) is 0 Å². The predicted molar refractivity (Wildman–Crippen MR) is 94.5 cm³/mol. The minimum absolute atomic E-state index is 0.000457. The van der Waals surface area contributed by atoms with E-state index >= 15 is 0 Å². The molecule has 2 aromatic carbocycles. The number of rotatable bonds is 6. The van der Waals surface area contributed by atoms with Gasteiger partial charge in [0.1, 0.15) is 5.75 Å². The van der Waals surface area contributed by atoms with Crippen LogP contribution in [-0.4, -0.2) is 30.4 Å². The number of nitrogens with one attached hydrogen (secondary N) is 1. The predicted octanol–water partition coefficient (Wildman–Crippen LogP) is 3.95. The van der Waals surface area contributed by atoms with Crippen LogP contribution in [0, 0.1) is 0 Å². The largest absolute Gasteiger partial charge is 0.494 e. The van der Waals surface area contributed by atoms with E-state index in [1.807, 2.05) is 31.2 Å². The van der Waals surface area contributed by atoms with Crippen molar-refractivity contribution in [3.63, 3.8) is 0 Å². The maximum Gasteiger partial charge on any atom is 0.321 e. The second kappa shape index (κ2) is 8.15. The van der Waals surface area contributed by atoms with E-state index in [-0.39, 0.29) is 11.8 Å². The zero-order chi connectivity index (χ0) is 17.5. The van der Waals surface area contributed by atoms with Gasteiger partial charge in [-0.25, -0.2) is 4.79 Å². The van der Waals surface area contributed by atoms with Gasteiger partial charge in [-0.2, -0.15) is 0 Å². The normalized spacial score (nSPS) is 10.1. The highest BCUT2D eigenvalue weighted by Gasteiger charge is 2.10. The Hall–Kier alpha value is -2.82. The van der Waals surface area contributed by atoms with Crippen LogP contribution in [0.5, 0.6) is 5.75 Å². The number of carbonyl (C=O) groups is 2. The van der Waals surface area contributed by atoms with Crippen molar-refractivity contribution in [2.24, 2.45) is 0 Å². The molecule has 0 aliphatic carbocycles. The van der Waals surface area contributed by atoms with Gasteiger partial charge in [0.15, 0.2) is 5.78 Å². The monoisotopic (exact) mass is 326 g/mol. The molecule has 0 saturated heterocycles. The molecule has 0 fully saturated rings. The molecule has 1 N–H and O–H groups in total. The van der Waals surface area contributed by atoms with Crippen molar-refractivity contribution in [1.82, 2.24) is 4.90 Å². The summed E-state index contributed by atoms with van der Waals surface area (Å²) in [4.78, 5) is 25.1. The Morgan fingerprint density at radius 3 is 2.21 bits per heavy atom. The molecule has 5 heteroatoms. The topological polar surface area (TPSA) is 58.6 Å². The summed E-state index contributed by atoms with van der Waals surface area (Å²) in [5.41, 5.74) is 2.29. The molecule has 0 aliphatic heterocycles. The lowest BCUT2D eigenvalue weighted by Gasteiger charge is -2.18. The molecule has 2 rings (SSSR count). The highest BCUT2D eigenvalue weighted by atomic mass is 16.5. The van der Waals surface area contributed by atoms with Crippen molar-refractivity contribution in [2.75, 3.05) is 19.0 Å². The number of ketones is 1. The van der Waals surface area contributed by atoms with Crippen LogP contribution in [0.1, 0.15) is 29.8 Å². The summed E-state index contributed by atoms with van der Waals surface area (Å²) in [5, 5.41) is 2.81. The summed E-state index contributed by atoms with van der Waals surface area (Å²) in [6.07, 6.45) is 0. The van der Waals surface area contributed by atoms with Gasteiger partial charge >= 0.3 is 6.03 Å². The molecule has 5 nitrogen and oxygen atoms in total. The average Bonchev–Trinajstić information content (AvgIpc) is 2.57. The highest BCUT2D eigenvalue weighted by molar-refractivity contribution is 5.95. The van der Waals surface area contributed by atoms with Gasteiger partial charge in [0.2, 0.25) is 0 Å². The van der Waals surface area contributed by atoms with Crippen molar-refractivity contribution in [1.29, 1.82) is 0 Å². The van der Waals surface area contributed by atoms with Gasteiger partial charge in [0.05, 0.1) is 6.61 Å². The molecule has 2 amide bonds. The van der Waals surface area contributed by atoms with Gasteiger partial charge in [-0.05, 0) is 55.8 Å². The molecule has 0 bridgehead atoms. The standard InChI is InChI=1S/C19H22N2O3/c1-4-24-18-11-5-15(6-12-18)13-21(3)19(23)20-17-9-7-16(8-10-17)14(2)22/h5-12H,4,13H2,1-3H3,(H,20,23). The molecular formula is C19H22N2O3. The third kappa shape index (κ3) is 4.84. The lowest BCUT2D eigenvalue weighted by atomic mass is 10.1. The summed E-state index contributed by atoms with van der Waals surface area (Å²) in [6.45, 7) is 4.57. The van der Waals surface area contributed by atoms with Gasteiger partial charge in [-0.15, -0.1) is 0 Å². The maximum atomic E-state index is 12.2. The molecule has 0 unspecified atom stereocenters. The van der Waals surface area contributed by atoms with E-state index in [0.29, 0.717) is 24.4 Å². The number of urea groups is 1. The van der Waals surface area contributed by atoms with Crippen LogP contribution in [0.4, 0.5) is 10.5 Å². The van der Waals surface area contributed by atoms with Crippen LogP contribution >= 0.6 is 0 Å².